The summed E-state index contributed by atoms with van der Waals surface area (Å²) in [6, 6.07) is 4.11. The van der Waals surface area contributed by atoms with Gasteiger partial charge in [-0.2, -0.15) is 15.1 Å². The van der Waals surface area contributed by atoms with Crippen LogP contribution in [0.2, 0.25) is 0 Å². The van der Waals surface area contributed by atoms with Crippen molar-refractivity contribution in [3.8, 4) is 0 Å². The van der Waals surface area contributed by atoms with Gasteiger partial charge in [0.15, 0.2) is 5.65 Å². The van der Waals surface area contributed by atoms with Crippen LogP contribution in [0.4, 0.5) is 11.8 Å². The number of halogens is 1. The molecule has 0 amide bonds. The number of rotatable bonds is 4. The van der Waals surface area contributed by atoms with E-state index in [1.807, 2.05) is 6.07 Å². The van der Waals surface area contributed by atoms with Crippen LogP contribution in [-0.2, 0) is 6.54 Å². The second-order valence-electron chi connectivity index (χ2n) is 3.84. The fourth-order valence-electron chi connectivity index (χ4n) is 1.70. The number of thiophene rings is 1. The van der Waals surface area contributed by atoms with E-state index in [1.54, 1.807) is 24.6 Å². The number of hydrogen-bond donors (Lipinski definition) is 3. The van der Waals surface area contributed by atoms with E-state index in [0.717, 1.165) is 21.5 Å². The number of nitrogens with zero attached hydrogens (tertiary/aromatic N) is 3. The minimum absolute atomic E-state index is 0.562. The summed E-state index contributed by atoms with van der Waals surface area (Å²) in [6.07, 6.45) is 1.72. The SMILES string of the molecule is CNc1nc(NCc2ccc(Br)s2)c2cn[nH]c2n1. The minimum atomic E-state index is 0.562. The van der Waals surface area contributed by atoms with Gasteiger partial charge in [0.2, 0.25) is 5.95 Å². The first-order chi connectivity index (χ1) is 9.26. The molecule has 0 radical (unpaired) electrons. The van der Waals surface area contributed by atoms with Crippen molar-refractivity contribution in [3.63, 3.8) is 0 Å². The molecule has 0 spiro atoms. The number of aromatic nitrogens is 4. The summed E-state index contributed by atoms with van der Waals surface area (Å²) in [5.74, 6) is 1.33. The molecule has 0 aliphatic heterocycles. The fourth-order valence-corrected chi connectivity index (χ4v) is 3.12. The molecule has 19 heavy (non-hydrogen) atoms. The number of hydrogen-bond acceptors (Lipinski definition) is 6. The molecule has 98 valence electrons. The number of fused-ring (bicyclic) bond motifs is 1. The topological polar surface area (TPSA) is 78.5 Å². The van der Waals surface area contributed by atoms with Crippen LogP contribution in [0.15, 0.2) is 22.1 Å². The summed E-state index contributed by atoms with van der Waals surface area (Å²) in [7, 11) is 1.79. The maximum Gasteiger partial charge on any atom is 0.226 e. The molecule has 6 nitrogen and oxygen atoms in total. The Kier molecular flexibility index (Phi) is 3.34. The second kappa shape index (κ2) is 5.14. The van der Waals surface area contributed by atoms with Gasteiger partial charge in [-0.3, -0.25) is 5.10 Å². The van der Waals surface area contributed by atoms with Crippen molar-refractivity contribution in [2.75, 3.05) is 17.7 Å². The molecule has 3 heterocycles. The molecule has 0 bridgehead atoms. The van der Waals surface area contributed by atoms with E-state index in [2.05, 4.69) is 52.8 Å². The van der Waals surface area contributed by atoms with E-state index >= 15 is 0 Å². The smallest absolute Gasteiger partial charge is 0.226 e. The lowest BCUT2D eigenvalue weighted by molar-refractivity contribution is 1.08. The maximum atomic E-state index is 4.41. The van der Waals surface area contributed by atoms with E-state index in [1.165, 1.54) is 4.88 Å². The quantitative estimate of drug-likeness (QED) is 0.681. The van der Waals surface area contributed by atoms with Gasteiger partial charge < -0.3 is 10.6 Å². The Morgan fingerprint density at radius 3 is 3.00 bits per heavy atom. The lowest BCUT2D eigenvalue weighted by atomic mass is 10.4. The van der Waals surface area contributed by atoms with E-state index in [0.29, 0.717) is 11.6 Å². The van der Waals surface area contributed by atoms with Gasteiger partial charge in [0.25, 0.3) is 0 Å². The van der Waals surface area contributed by atoms with Crippen LogP contribution < -0.4 is 10.6 Å². The van der Waals surface area contributed by atoms with Crippen molar-refractivity contribution in [2.45, 2.75) is 6.54 Å². The summed E-state index contributed by atoms with van der Waals surface area (Å²) < 4.78 is 1.12. The Morgan fingerprint density at radius 1 is 1.37 bits per heavy atom. The van der Waals surface area contributed by atoms with Crippen molar-refractivity contribution in [1.29, 1.82) is 0 Å². The monoisotopic (exact) mass is 338 g/mol. The molecule has 0 fully saturated rings. The molecule has 3 rings (SSSR count). The van der Waals surface area contributed by atoms with Crippen molar-refractivity contribution in [2.24, 2.45) is 0 Å². The second-order valence-corrected chi connectivity index (χ2v) is 6.39. The zero-order valence-electron chi connectivity index (χ0n) is 10.1. The number of nitrogens with one attached hydrogen (secondary N) is 3. The lowest BCUT2D eigenvalue weighted by Crippen LogP contribution is -2.04. The van der Waals surface area contributed by atoms with Crippen molar-refractivity contribution in [3.05, 3.63) is 27.0 Å². The Bertz CT molecular complexity index is 706. The lowest BCUT2D eigenvalue weighted by Gasteiger charge is -2.07. The normalized spacial score (nSPS) is 10.8. The molecule has 0 saturated carbocycles. The molecule has 0 saturated heterocycles. The van der Waals surface area contributed by atoms with Crippen LogP contribution in [0.5, 0.6) is 0 Å². The first kappa shape index (κ1) is 12.4. The van der Waals surface area contributed by atoms with Gasteiger partial charge in [-0.05, 0) is 28.1 Å². The van der Waals surface area contributed by atoms with Gasteiger partial charge in [0, 0.05) is 11.9 Å². The maximum absolute atomic E-state index is 4.41. The molecule has 0 aliphatic carbocycles. The van der Waals surface area contributed by atoms with Crippen LogP contribution in [-0.4, -0.2) is 27.2 Å². The van der Waals surface area contributed by atoms with Crippen LogP contribution in [0, 0.1) is 0 Å². The molecule has 3 aromatic rings. The van der Waals surface area contributed by atoms with E-state index in [4.69, 9.17) is 0 Å². The Hall–Kier alpha value is -1.67. The highest BCUT2D eigenvalue weighted by Crippen LogP contribution is 2.24. The fraction of sp³-hybridized carbons (Fsp3) is 0.182. The van der Waals surface area contributed by atoms with Crippen molar-refractivity contribution in [1.82, 2.24) is 20.2 Å². The predicted molar refractivity (Wildman–Crippen MR) is 80.6 cm³/mol. The minimum Gasteiger partial charge on any atom is -0.364 e. The van der Waals surface area contributed by atoms with Gasteiger partial charge in [-0.15, -0.1) is 11.3 Å². The molecule has 3 aromatic heterocycles. The molecule has 0 unspecified atom stereocenters. The molecule has 3 N–H and O–H groups in total. The summed E-state index contributed by atoms with van der Waals surface area (Å²) in [6.45, 7) is 0.719. The number of aromatic amines is 1. The molecule has 0 aliphatic rings. The number of H-pyrrole nitrogens is 1. The number of anilines is 2. The first-order valence-electron chi connectivity index (χ1n) is 5.63. The van der Waals surface area contributed by atoms with Crippen molar-refractivity contribution < 1.29 is 0 Å². The van der Waals surface area contributed by atoms with Gasteiger partial charge in [0.1, 0.15) is 5.82 Å². The highest BCUT2D eigenvalue weighted by atomic mass is 79.9. The zero-order chi connectivity index (χ0) is 13.2. The Labute approximate surface area is 121 Å². The Balaban J connectivity index is 1.88. The average Bonchev–Trinajstić information content (AvgIpc) is 3.04. The van der Waals surface area contributed by atoms with E-state index < -0.39 is 0 Å². The molecule has 8 heteroatoms. The molecule has 0 aromatic carbocycles. The highest BCUT2D eigenvalue weighted by molar-refractivity contribution is 9.11. The molecular weight excluding hydrogens is 328 g/mol. The van der Waals surface area contributed by atoms with E-state index in [9.17, 15) is 0 Å². The van der Waals surface area contributed by atoms with E-state index in [-0.39, 0.29) is 0 Å². The Morgan fingerprint density at radius 2 is 2.26 bits per heavy atom. The van der Waals surface area contributed by atoms with Gasteiger partial charge in [-0.25, -0.2) is 0 Å². The summed E-state index contributed by atoms with van der Waals surface area (Å²) in [5, 5.41) is 14.0. The molecule has 0 atom stereocenters. The van der Waals surface area contributed by atoms with Crippen LogP contribution >= 0.6 is 27.3 Å². The third-order valence-corrected chi connectivity index (χ3v) is 4.22. The average molecular weight is 339 g/mol. The summed E-state index contributed by atoms with van der Waals surface area (Å²) >= 11 is 5.15. The van der Waals surface area contributed by atoms with Crippen LogP contribution in [0.3, 0.4) is 0 Å². The zero-order valence-corrected chi connectivity index (χ0v) is 12.5. The third kappa shape index (κ3) is 2.54. The molecular formula is C11H11BrN6S. The van der Waals surface area contributed by atoms with Gasteiger partial charge in [-0.1, -0.05) is 0 Å². The van der Waals surface area contributed by atoms with Gasteiger partial charge in [0.05, 0.1) is 21.9 Å². The van der Waals surface area contributed by atoms with Crippen LogP contribution in [0.25, 0.3) is 11.0 Å². The largest absolute Gasteiger partial charge is 0.364 e. The highest BCUT2D eigenvalue weighted by Gasteiger charge is 2.08. The standard InChI is InChI=1S/C11H11BrN6S/c1-13-11-16-9(7-5-15-18-10(7)17-11)14-4-6-2-3-8(12)19-6/h2-3,5H,4H2,1H3,(H3,13,14,15,16,17,18). The summed E-state index contributed by atoms with van der Waals surface area (Å²) in [5.41, 5.74) is 0.717. The first-order valence-corrected chi connectivity index (χ1v) is 7.24. The van der Waals surface area contributed by atoms with Crippen molar-refractivity contribution >= 4 is 50.1 Å². The predicted octanol–water partition coefficient (Wildman–Crippen LogP) is 2.83. The summed E-state index contributed by atoms with van der Waals surface area (Å²) in [4.78, 5) is 9.93. The van der Waals surface area contributed by atoms with Gasteiger partial charge >= 0.3 is 0 Å². The third-order valence-electron chi connectivity index (χ3n) is 2.59. The van der Waals surface area contributed by atoms with Crippen LogP contribution in [0.1, 0.15) is 4.88 Å².